The van der Waals surface area contributed by atoms with Gasteiger partial charge in [0, 0.05) is 13.1 Å². The number of nitrogens with two attached hydrogens (primary N) is 1. The molecule has 2 N–H and O–H groups in total. The molecule has 0 aliphatic carbocycles. The number of alkyl halides is 1. The lowest BCUT2D eigenvalue weighted by Crippen LogP contribution is -2.53. The Morgan fingerprint density at radius 1 is 1.38 bits per heavy atom. The molecule has 2 rings (SSSR count). The Balaban J connectivity index is 2.19. The Bertz CT molecular complexity index is 387. The number of primary amides is 1. The molecule has 1 aromatic rings. The molecule has 0 spiro atoms. The highest BCUT2D eigenvalue weighted by Crippen LogP contribution is 2.26. The van der Waals surface area contributed by atoms with Gasteiger partial charge in [-0.15, -0.1) is 0 Å². The predicted octanol–water partition coefficient (Wildman–Crippen LogP) is 1.01. The number of likely N-dealkylation sites (tertiary alicyclic amines) is 1. The normalized spacial score (nSPS) is 19.1. The largest absolute Gasteiger partial charge is 0.368 e. The molecular formula is C11H12F2N2O. The van der Waals surface area contributed by atoms with Crippen molar-refractivity contribution in [1.82, 2.24) is 4.90 Å². The first-order valence-corrected chi connectivity index (χ1v) is 5.01. The van der Waals surface area contributed by atoms with Crippen molar-refractivity contribution >= 4 is 5.91 Å². The number of halogens is 2. The molecule has 1 heterocycles. The number of hydrogen-bond acceptors (Lipinski definition) is 2. The van der Waals surface area contributed by atoms with Gasteiger partial charge in [-0.25, -0.2) is 8.78 Å². The lowest BCUT2D eigenvalue weighted by Gasteiger charge is -2.39. The second-order valence-corrected chi connectivity index (χ2v) is 3.91. The monoisotopic (exact) mass is 226 g/mol. The zero-order chi connectivity index (χ0) is 11.7. The third-order valence-electron chi connectivity index (χ3n) is 2.69. The van der Waals surface area contributed by atoms with Gasteiger partial charge in [0.25, 0.3) is 0 Å². The van der Waals surface area contributed by atoms with Gasteiger partial charge in [-0.1, -0.05) is 12.1 Å². The molecule has 16 heavy (non-hydrogen) atoms. The van der Waals surface area contributed by atoms with Gasteiger partial charge in [0.15, 0.2) is 0 Å². The van der Waals surface area contributed by atoms with Gasteiger partial charge in [0.05, 0.1) is 0 Å². The molecule has 1 fully saturated rings. The number of rotatable bonds is 3. The van der Waals surface area contributed by atoms with E-state index in [-0.39, 0.29) is 18.9 Å². The summed E-state index contributed by atoms with van der Waals surface area (Å²) in [5.41, 5.74) is 5.86. The average molecular weight is 226 g/mol. The van der Waals surface area contributed by atoms with Gasteiger partial charge in [0.2, 0.25) is 5.91 Å². The Labute approximate surface area is 91.8 Å². The summed E-state index contributed by atoms with van der Waals surface area (Å²) in [4.78, 5) is 12.9. The molecule has 0 aromatic heterocycles. The lowest BCUT2D eigenvalue weighted by atomic mass is 10.0. The SMILES string of the molecule is NC(=O)C(c1ccc(F)cc1)N1CC(F)C1. The van der Waals surface area contributed by atoms with Crippen molar-refractivity contribution in [1.29, 1.82) is 0 Å². The van der Waals surface area contributed by atoms with Crippen LogP contribution in [-0.4, -0.2) is 30.1 Å². The standard InChI is InChI=1S/C11H12F2N2O/c12-8-3-1-7(2-4-8)10(11(14)16)15-5-9(13)6-15/h1-4,9-10H,5-6H2,(H2,14,16). The number of amides is 1. The molecule has 1 unspecified atom stereocenters. The fourth-order valence-electron chi connectivity index (χ4n) is 1.87. The van der Waals surface area contributed by atoms with E-state index >= 15 is 0 Å². The van der Waals surface area contributed by atoms with Crippen LogP contribution in [0.3, 0.4) is 0 Å². The molecule has 1 saturated heterocycles. The van der Waals surface area contributed by atoms with Gasteiger partial charge in [-0.3, -0.25) is 9.69 Å². The minimum absolute atomic E-state index is 0.199. The van der Waals surface area contributed by atoms with E-state index in [1.54, 1.807) is 4.90 Å². The van der Waals surface area contributed by atoms with Gasteiger partial charge >= 0.3 is 0 Å². The first-order chi connectivity index (χ1) is 7.58. The minimum Gasteiger partial charge on any atom is -0.368 e. The van der Waals surface area contributed by atoms with Crippen molar-refractivity contribution in [3.63, 3.8) is 0 Å². The smallest absolute Gasteiger partial charge is 0.239 e. The summed E-state index contributed by atoms with van der Waals surface area (Å²) in [7, 11) is 0. The molecular weight excluding hydrogens is 214 g/mol. The van der Waals surface area contributed by atoms with Crippen molar-refractivity contribution in [2.45, 2.75) is 12.2 Å². The van der Waals surface area contributed by atoms with E-state index in [0.29, 0.717) is 5.56 Å². The first-order valence-electron chi connectivity index (χ1n) is 5.01. The van der Waals surface area contributed by atoms with Crippen molar-refractivity contribution in [3.05, 3.63) is 35.6 Å². The molecule has 0 bridgehead atoms. The lowest BCUT2D eigenvalue weighted by molar-refractivity contribution is -0.126. The van der Waals surface area contributed by atoms with E-state index in [2.05, 4.69) is 0 Å². The van der Waals surface area contributed by atoms with Crippen molar-refractivity contribution < 1.29 is 13.6 Å². The van der Waals surface area contributed by atoms with E-state index in [4.69, 9.17) is 5.73 Å². The van der Waals surface area contributed by atoms with Crippen LogP contribution < -0.4 is 5.73 Å². The summed E-state index contributed by atoms with van der Waals surface area (Å²) in [6.07, 6.45) is -0.901. The van der Waals surface area contributed by atoms with Gasteiger partial charge < -0.3 is 5.73 Å². The van der Waals surface area contributed by atoms with Gasteiger partial charge in [-0.2, -0.15) is 0 Å². The van der Waals surface area contributed by atoms with Gasteiger partial charge in [-0.05, 0) is 17.7 Å². The summed E-state index contributed by atoms with van der Waals surface area (Å²) in [5.74, 6) is -0.919. The summed E-state index contributed by atoms with van der Waals surface area (Å²) in [6, 6.07) is 4.86. The molecule has 86 valence electrons. The Morgan fingerprint density at radius 3 is 2.38 bits per heavy atom. The molecule has 1 aliphatic heterocycles. The van der Waals surface area contributed by atoms with Crippen molar-refractivity contribution in [2.24, 2.45) is 5.73 Å². The second-order valence-electron chi connectivity index (χ2n) is 3.91. The van der Waals surface area contributed by atoms with Crippen LogP contribution in [0, 0.1) is 5.82 Å². The van der Waals surface area contributed by atoms with Crippen LogP contribution in [0.25, 0.3) is 0 Å². The summed E-state index contributed by atoms with van der Waals surface area (Å²) in [5, 5.41) is 0. The number of hydrogen-bond donors (Lipinski definition) is 1. The zero-order valence-corrected chi connectivity index (χ0v) is 8.57. The zero-order valence-electron chi connectivity index (χ0n) is 8.57. The van der Waals surface area contributed by atoms with E-state index in [1.165, 1.54) is 24.3 Å². The highest BCUT2D eigenvalue weighted by Gasteiger charge is 2.35. The van der Waals surface area contributed by atoms with Crippen LogP contribution >= 0.6 is 0 Å². The summed E-state index contributed by atoms with van der Waals surface area (Å²) < 4.78 is 25.4. The van der Waals surface area contributed by atoms with Crippen molar-refractivity contribution in [2.75, 3.05) is 13.1 Å². The predicted molar refractivity (Wildman–Crippen MR) is 54.8 cm³/mol. The Kier molecular flexibility index (Phi) is 2.87. The number of carbonyl (C=O) groups is 1. The Hall–Kier alpha value is -1.49. The van der Waals surface area contributed by atoms with E-state index in [1.807, 2.05) is 0 Å². The summed E-state index contributed by atoms with van der Waals surface area (Å²) >= 11 is 0. The molecule has 0 saturated carbocycles. The quantitative estimate of drug-likeness (QED) is 0.836. The molecule has 1 atom stereocenters. The van der Waals surface area contributed by atoms with Crippen molar-refractivity contribution in [3.8, 4) is 0 Å². The topological polar surface area (TPSA) is 46.3 Å². The third kappa shape index (κ3) is 2.04. The Morgan fingerprint density at radius 2 is 1.94 bits per heavy atom. The molecule has 1 amide bonds. The summed E-state index contributed by atoms with van der Waals surface area (Å²) in [6.45, 7) is 0.399. The van der Waals surface area contributed by atoms with E-state index in [0.717, 1.165) is 0 Å². The molecule has 1 aromatic carbocycles. The van der Waals surface area contributed by atoms with Crippen LogP contribution in [0.2, 0.25) is 0 Å². The van der Waals surface area contributed by atoms with Crippen LogP contribution in [0.15, 0.2) is 24.3 Å². The molecule has 0 radical (unpaired) electrons. The molecule has 1 aliphatic rings. The molecule has 3 nitrogen and oxygen atoms in total. The average Bonchev–Trinajstić information content (AvgIpc) is 2.18. The van der Waals surface area contributed by atoms with E-state index in [9.17, 15) is 13.6 Å². The second kappa shape index (κ2) is 4.17. The third-order valence-corrected chi connectivity index (χ3v) is 2.69. The number of carbonyl (C=O) groups excluding carboxylic acids is 1. The number of nitrogens with zero attached hydrogens (tertiary/aromatic N) is 1. The van der Waals surface area contributed by atoms with Crippen LogP contribution in [-0.2, 0) is 4.79 Å². The first kappa shape index (κ1) is 11.0. The maximum Gasteiger partial charge on any atom is 0.239 e. The van der Waals surface area contributed by atoms with Crippen LogP contribution in [0.4, 0.5) is 8.78 Å². The van der Waals surface area contributed by atoms with Gasteiger partial charge in [0.1, 0.15) is 18.0 Å². The molecule has 5 heteroatoms. The number of benzene rings is 1. The highest BCUT2D eigenvalue weighted by atomic mass is 19.1. The van der Waals surface area contributed by atoms with Crippen LogP contribution in [0.1, 0.15) is 11.6 Å². The maximum atomic E-state index is 12.7. The minimum atomic E-state index is -0.901. The van der Waals surface area contributed by atoms with Crippen LogP contribution in [0.5, 0.6) is 0 Å². The van der Waals surface area contributed by atoms with E-state index < -0.39 is 18.1 Å². The highest BCUT2D eigenvalue weighted by molar-refractivity contribution is 5.81. The fraction of sp³-hybridized carbons (Fsp3) is 0.364. The maximum absolute atomic E-state index is 12.7. The fourth-order valence-corrected chi connectivity index (χ4v) is 1.87.